The van der Waals surface area contributed by atoms with Crippen molar-refractivity contribution in [3.05, 3.63) is 94.2 Å². The topological polar surface area (TPSA) is 71.3 Å². The lowest BCUT2D eigenvalue weighted by Gasteiger charge is -2.09. The van der Waals surface area contributed by atoms with E-state index in [1.807, 2.05) is 26.0 Å². The number of furan rings is 1. The Morgan fingerprint density at radius 2 is 1.57 bits per heavy atom. The van der Waals surface area contributed by atoms with E-state index in [-0.39, 0.29) is 11.7 Å². The summed E-state index contributed by atoms with van der Waals surface area (Å²) in [5.41, 5.74) is 3.84. The van der Waals surface area contributed by atoms with Gasteiger partial charge in [0.15, 0.2) is 0 Å². The average molecular weight is 419 g/mol. The Balaban J connectivity index is 1.71. The van der Waals surface area contributed by atoms with E-state index in [0.29, 0.717) is 32.9 Å². The average Bonchev–Trinajstić information content (AvgIpc) is 3.06. The first-order valence-corrected chi connectivity index (χ1v) is 9.76. The third kappa shape index (κ3) is 4.07. The lowest BCUT2D eigenvalue weighted by molar-refractivity contribution is 0.0999. The van der Waals surface area contributed by atoms with Crippen LogP contribution in [0.4, 0.5) is 11.4 Å². The summed E-state index contributed by atoms with van der Waals surface area (Å²) >= 11 is 6.00. The minimum atomic E-state index is -0.482. The highest BCUT2D eigenvalue weighted by atomic mass is 35.5. The van der Waals surface area contributed by atoms with E-state index in [1.165, 1.54) is 0 Å². The maximum Gasteiger partial charge on any atom is 0.293 e. The third-order valence-electron chi connectivity index (χ3n) is 4.61. The van der Waals surface area contributed by atoms with Crippen LogP contribution >= 0.6 is 11.6 Å². The summed E-state index contributed by atoms with van der Waals surface area (Å²) in [4.78, 5) is 25.9. The Hall–Kier alpha value is -3.57. The quantitative estimate of drug-likeness (QED) is 0.414. The number of benzene rings is 3. The van der Waals surface area contributed by atoms with Crippen LogP contribution in [0.5, 0.6) is 0 Å². The molecule has 0 bridgehead atoms. The number of carbonyl (C=O) groups excluding carboxylic acids is 2. The van der Waals surface area contributed by atoms with Crippen LogP contribution in [-0.2, 0) is 0 Å². The van der Waals surface area contributed by atoms with Crippen molar-refractivity contribution in [2.24, 2.45) is 0 Å². The summed E-state index contributed by atoms with van der Waals surface area (Å²) in [5.74, 6) is -0.775. The third-order valence-corrected chi connectivity index (χ3v) is 4.84. The van der Waals surface area contributed by atoms with E-state index in [4.69, 9.17) is 16.0 Å². The molecular formula is C24H19ClN2O3. The Morgan fingerprint density at radius 1 is 0.833 bits per heavy atom. The summed E-state index contributed by atoms with van der Waals surface area (Å²) in [6.07, 6.45) is 0. The number of nitrogens with one attached hydrogen (secondary N) is 2. The monoisotopic (exact) mass is 418 g/mol. The number of fused-ring (bicyclic) bond motifs is 1. The fourth-order valence-corrected chi connectivity index (χ4v) is 3.57. The van der Waals surface area contributed by atoms with Gasteiger partial charge in [-0.15, -0.1) is 0 Å². The summed E-state index contributed by atoms with van der Waals surface area (Å²) in [5, 5.41) is 6.77. The minimum Gasteiger partial charge on any atom is -0.449 e. The van der Waals surface area contributed by atoms with Crippen molar-refractivity contribution < 1.29 is 14.0 Å². The maximum atomic E-state index is 12.9. The van der Waals surface area contributed by atoms with Crippen molar-refractivity contribution >= 4 is 45.8 Å². The molecule has 4 rings (SSSR count). The van der Waals surface area contributed by atoms with E-state index in [9.17, 15) is 9.59 Å². The van der Waals surface area contributed by atoms with Crippen LogP contribution in [0.3, 0.4) is 0 Å². The summed E-state index contributed by atoms with van der Waals surface area (Å²) in [7, 11) is 0. The van der Waals surface area contributed by atoms with Gasteiger partial charge >= 0.3 is 0 Å². The Kier molecular flexibility index (Phi) is 5.29. The highest BCUT2D eigenvalue weighted by Crippen LogP contribution is 2.32. The van der Waals surface area contributed by atoms with Crippen LogP contribution in [0.15, 0.2) is 71.1 Å². The second-order valence-corrected chi connectivity index (χ2v) is 7.53. The van der Waals surface area contributed by atoms with E-state index in [0.717, 1.165) is 11.1 Å². The number of hydrogen-bond donors (Lipinski definition) is 2. The van der Waals surface area contributed by atoms with Gasteiger partial charge in [-0.25, -0.2) is 0 Å². The molecule has 5 nitrogen and oxygen atoms in total. The van der Waals surface area contributed by atoms with Gasteiger partial charge in [-0.1, -0.05) is 47.0 Å². The zero-order valence-electron chi connectivity index (χ0n) is 16.5. The summed E-state index contributed by atoms with van der Waals surface area (Å²) in [6.45, 7) is 3.86. The lowest BCUT2D eigenvalue weighted by Crippen LogP contribution is -2.17. The molecule has 6 heteroatoms. The first-order valence-electron chi connectivity index (χ1n) is 9.39. The smallest absolute Gasteiger partial charge is 0.293 e. The molecule has 0 unspecified atom stereocenters. The molecule has 1 aromatic heterocycles. The van der Waals surface area contributed by atoms with Gasteiger partial charge in [0, 0.05) is 21.7 Å². The van der Waals surface area contributed by atoms with Gasteiger partial charge in [0.05, 0.1) is 0 Å². The van der Waals surface area contributed by atoms with Gasteiger partial charge in [0.2, 0.25) is 5.76 Å². The maximum absolute atomic E-state index is 12.9. The number of carbonyl (C=O) groups is 2. The first-order chi connectivity index (χ1) is 14.4. The molecule has 4 aromatic rings. The molecule has 0 atom stereocenters. The standard InChI is InChI=1S/C24H19ClN2O3/c1-14-10-15(2)12-16(11-14)23(28)27-21-19-8-3-4-9-20(19)30-22(21)24(29)26-18-7-5-6-17(25)13-18/h3-13H,1-2H3,(H,26,29)(H,27,28). The van der Waals surface area contributed by atoms with Crippen molar-refractivity contribution in [3.8, 4) is 0 Å². The minimum absolute atomic E-state index is 0.0221. The Labute approximate surface area is 178 Å². The first kappa shape index (κ1) is 19.7. The van der Waals surface area contributed by atoms with Crippen molar-refractivity contribution in [1.29, 1.82) is 0 Å². The molecule has 0 aliphatic heterocycles. The van der Waals surface area contributed by atoms with Gasteiger partial charge in [-0.2, -0.15) is 0 Å². The summed E-state index contributed by atoms with van der Waals surface area (Å²) < 4.78 is 5.79. The molecular weight excluding hydrogens is 400 g/mol. The predicted molar refractivity (Wildman–Crippen MR) is 119 cm³/mol. The molecule has 30 heavy (non-hydrogen) atoms. The molecule has 0 spiro atoms. The van der Waals surface area contributed by atoms with E-state index < -0.39 is 5.91 Å². The van der Waals surface area contributed by atoms with E-state index in [2.05, 4.69) is 10.6 Å². The number of halogens is 1. The molecule has 2 amide bonds. The number of hydrogen-bond acceptors (Lipinski definition) is 3. The normalized spacial score (nSPS) is 10.8. The second kappa shape index (κ2) is 8.05. The van der Waals surface area contributed by atoms with Crippen molar-refractivity contribution in [2.45, 2.75) is 13.8 Å². The second-order valence-electron chi connectivity index (χ2n) is 7.10. The molecule has 1 heterocycles. The van der Waals surface area contributed by atoms with Crippen LogP contribution in [0.1, 0.15) is 32.0 Å². The number of rotatable bonds is 4. The molecule has 0 aliphatic carbocycles. The molecule has 2 N–H and O–H groups in total. The van der Waals surface area contributed by atoms with Crippen LogP contribution in [-0.4, -0.2) is 11.8 Å². The van der Waals surface area contributed by atoms with Crippen LogP contribution in [0, 0.1) is 13.8 Å². The van der Waals surface area contributed by atoms with Gasteiger partial charge in [0.1, 0.15) is 11.3 Å². The van der Waals surface area contributed by atoms with Gasteiger partial charge < -0.3 is 15.1 Å². The number of para-hydroxylation sites is 1. The zero-order chi connectivity index (χ0) is 21.3. The molecule has 0 saturated heterocycles. The SMILES string of the molecule is Cc1cc(C)cc(C(=O)Nc2c(C(=O)Nc3cccc(Cl)c3)oc3ccccc23)c1. The largest absolute Gasteiger partial charge is 0.449 e. The van der Waals surface area contributed by atoms with Crippen molar-refractivity contribution in [1.82, 2.24) is 0 Å². The molecule has 0 aliphatic rings. The number of aryl methyl sites for hydroxylation is 2. The Morgan fingerprint density at radius 3 is 2.30 bits per heavy atom. The Bertz CT molecular complexity index is 1260. The lowest BCUT2D eigenvalue weighted by atomic mass is 10.1. The van der Waals surface area contributed by atoms with Gasteiger partial charge in [-0.3, -0.25) is 9.59 Å². The zero-order valence-corrected chi connectivity index (χ0v) is 17.2. The molecule has 0 fully saturated rings. The van der Waals surface area contributed by atoms with E-state index in [1.54, 1.807) is 54.6 Å². The fraction of sp³-hybridized carbons (Fsp3) is 0.0833. The predicted octanol–water partition coefficient (Wildman–Crippen LogP) is 6.21. The fourth-order valence-electron chi connectivity index (χ4n) is 3.38. The van der Waals surface area contributed by atoms with Crippen LogP contribution in [0.25, 0.3) is 11.0 Å². The highest BCUT2D eigenvalue weighted by Gasteiger charge is 2.23. The van der Waals surface area contributed by atoms with Crippen molar-refractivity contribution in [2.75, 3.05) is 10.6 Å². The van der Waals surface area contributed by atoms with Crippen LogP contribution < -0.4 is 10.6 Å². The summed E-state index contributed by atoms with van der Waals surface area (Å²) in [6, 6.07) is 19.6. The molecule has 0 radical (unpaired) electrons. The molecule has 3 aromatic carbocycles. The molecule has 150 valence electrons. The highest BCUT2D eigenvalue weighted by molar-refractivity contribution is 6.31. The van der Waals surface area contributed by atoms with Gasteiger partial charge in [0.25, 0.3) is 11.8 Å². The van der Waals surface area contributed by atoms with Crippen LogP contribution in [0.2, 0.25) is 5.02 Å². The van der Waals surface area contributed by atoms with Crippen molar-refractivity contribution in [3.63, 3.8) is 0 Å². The van der Waals surface area contributed by atoms with Gasteiger partial charge in [-0.05, 0) is 56.3 Å². The number of amides is 2. The molecule has 0 saturated carbocycles. The number of anilines is 2. The van der Waals surface area contributed by atoms with E-state index >= 15 is 0 Å².